The fourth-order valence-electron chi connectivity index (χ4n) is 5.26. The van der Waals surface area contributed by atoms with Crippen LogP contribution in [-0.4, -0.2) is 42.3 Å². The molecule has 0 spiro atoms. The number of aliphatic carboxylic acids is 1. The summed E-state index contributed by atoms with van der Waals surface area (Å²) in [5.41, 5.74) is 1.31. The lowest BCUT2D eigenvalue weighted by Crippen LogP contribution is -2.74. The molecular formula is C30H33BrN2O5. The molecule has 8 heteroatoms. The van der Waals surface area contributed by atoms with E-state index in [1.165, 1.54) is 0 Å². The van der Waals surface area contributed by atoms with Gasteiger partial charge in [0, 0.05) is 45.5 Å². The second-order valence-electron chi connectivity index (χ2n) is 10.6. The zero-order chi connectivity index (χ0) is 27.9. The highest BCUT2D eigenvalue weighted by molar-refractivity contribution is 9.10. The number of hydrogen-bond acceptors (Lipinski definition) is 5. The second kappa shape index (κ2) is 12.5. The van der Waals surface area contributed by atoms with E-state index in [-0.39, 0.29) is 35.5 Å². The van der Waals surface area contributed by atoms with Crippen LogP contribution in [0.15, 0.2) is 46.9 Å². The molecule has 0 bridgehead atoms. The second-order valence-corrected chi connectivity index (χ2v) is 11.4. The van der Waals surface area contributed by atoms with Crippen molar-refractivity contribution in [2.24, 2.45) is 10.8 Å². The molecule has 1 aliphatic carbocycles. The molecule has 3 rings (SSSR count). The fourth-order valence-corrected chi connectivity index (χ4v) is 5.70. The molecule has 2 aromatic rings. The normalized spacial score (nSPS) is 18.7. The predicted molar refractivity (Wildman–Crippen MR) is 148 cm³/mol. The van der Waals surface area contributed by atoms with E-state index in [4.69, 9.17) is 19.8 Å². The molecule has 0 radical (unpaired) electrons. The summed E-state index contributed by atoms with van der Waals surface area (Å²) in [7, 11) is 0. The molecule has 38 heavy (non-hydrogen) atoms. The van der Waals surface area contributed by atoms with Gasteiger partial charge in [0.15, 0.2) is 0 Å². The Kier molecular flexibility index (Phi) is 9.60. The number of nitriles is 1. The Labute approximate surface area is 232 Å². The van der Waals surface area contributed by atoms with Gasteiger partial charge in [-0.1, -0.05) is 39.5 Å². The van der Waals surface area contributed by atoms with Crippen LogP contribution < -0.4 is 10.1 Å². The van der Waals surface area contributed by atoms with E-state index in [1.807, 2.05) is 12.1 Å². The van der Waals surface area contributed by atoms with Gasteiger partial charge in [-0.15, -0.1) is 0 Å². The predicted octanol–water partition coefficient (Wildman–Crippen LogP) is 5.56. The third-order valence-electron chi connectivity index (χ3n) is 6.88. The summed E-state index contributed by atoms with van der Waals surface area (Å²) in [6.07, 6.45) is 2.13. The summed E-state index contributed by atoms with van der Waals surface area (Å²) < 4.78 is 12.0. The van der Waals surface area contributed by atoms with Gasteiger partial charge in [-0.05, 0) is 71.2 Å². The van der Waals surface area contributed by atoms with E-state index in [0.717, 1.165) is 18.4 Å². The lowest BCUT2D eigenvalue weighted by Gasteiger charge is -2.63. The summed E-state index contributed by atoms with van der Waals surface area (Å²) in [5.74, 6) is 5.77. The number of nitrogens with one attached hydrogen (secondary N) is 1. The maximum atomic E-state index is 13.1. The number of unbranched alkanes of at least 4 members (excludes halogenated alkanes) is 2. The molecule has 200 valence electrons. The van der Waals surface area contributed by atoms with Crippen molar-refractivity contribution < 1.29 is 24.2 Å². The molecule has 2 aromatic carbocycles. The molecule has 2 N–H and O–H groups in total. The molecule has 1 amide bonds. The SMILES string of the molecule is CC1(C)[C@H](NC(=O)c2ccc(C#CCCCCOCC(=O)O)cc2)C(C)(C)[C@H]1Oc1ccc(C#N)c(Br)c1. The first-order chi connectivity index (χ1) is 18.0. The minimum absolute atomic E-state index is 0.103. The van der Waals surface area contributed by atoms with E-state index < -0.39 is 5.97 Å². The van der Waals surface area contributed by atoms with E-state index in [9.17, 15) is 9.59 Å². The zero-order valence-corrected chi connectivity index (χ0v) is 23.7. The maximum absolute atomic E-state index is 13.1. The topological polar surface area (TPSA) is 109 Å². The molecule has 0 atom stereocenters. The number of halogens is 1. The first-order valence-electron chi connectivity index (χ1n) is 12.5. The van der Waals surface area contributed by atoms with Gasteiger partial charge in [-0.25, -0.2) is 4.79 Å². The van der Waals surface area contributed by atoms with Crippen LogP contribution in [0.2, 0.25) is 0 Å². The number of carbonyl (C=O) groups excluding carboxylic acids is 1. The van der Waals surface area contributed by atoms with Crippen LogP contribution in [0.3, 0.4) is 0 Å². The van der Waals surface area contributed by atoms with Gasteiger partial charge in [-0.3, -0.25) is 4.79 Å². The highest BCUT2D eigenvalue weighted by Crippen LogP contribution is 2.55. The van der Waals surface area contributed by atoms with Crippen LogP contribution in [0.25, 0.3) is 0 Å². The van der Waals surface area contributed by atoms with E-state index >= 15 is 0 Å². The number of hydrogen-bond donors (Lipinski definition) is 2. The average molecular weight is 582 g/mol. The van der Waals surface area contributed by atoms with Crippen molar-refractivity contribution >= 4 is 27.8 Å². The zero-order valence-electron chi connectivity index (χ0n) is 22.1. The number of carbonyl (C=O) groups is 2. The fraction of sp³-hybridized carbons (Fsp3) is 0.433. The van der Waals surface area contributed by atoms with Crippen molar-refractivity contribution in [1.82, 2.24) is 5.32 Å². The maximum Gasteiger partial charge on any atom is 0.329 e. The highest BCUT2D eigenvalue weighted by atomic mass is 79.9. The number of rotatable bonds is 10. The number of amides is 1. The molecule has 0 heterocycles. The highest BCUT2D eigenvalue weighted by Gasteiger charge is 2.64. The minimum Gasteiger partial charge on any atom is -0.489 e. The third kappa shape index (κ3) is 6.95. The van der Waals surface area contributed by atoms with Crippen molar-refractivity contribution in [2.75, 3.05) is 13.2 Å². The Balaban J connectivity index is 1.54. The molecular weight excluding hydrogens is 548 g/mol. The standard InChI is InChI=1S/C30H33BrN2O5/c1-29(2)27(30(3,4)28(29)38-23-15-14-22(18-32)24(31)17-23)33-26(36)21-12-10-20(11-13-21)9-7-5-6-8-16-37-19-25(34)35/h10-15,17,27-28H,5-6,8,16,19H2,1-4H3,(H,33,36)(H,34,35)/t27-,28-. The first-order valence-corrected chi connectivity index (χ1v) is 13.3. The van der Waals surface area contributed by atoms with Crippen molar-refractivity contribution in [3.05, 3.63) is 63.6 Å². The van der Waals surface area contributed by atoms with Gasteiger partial charge in [0.1, 0.15) is 24.5 Å². The smallest absolute Gasteiger partial charge is 0.329 e. The van der Waals surface area contributed by atoms with Crippen molar-refractivity contribution in [3.63, 3.8) is 0 Å². The van der Waals surface area contributed by atoms with E-state index in [1.54, 1.807) is 30.3 Å². The van der Waals surface area contributed by atoms with E-state index in [0.29, 0.717) is 34.4 Å². The Morgan fingerprint density at radius 1 is 1.08 bits per heavy atom. The molecule has 0 aliphatic heterocycles. The largest absolute Gasteiger partial charge is 0.489 e. The van der Waals surface area contributed by atoms with Gasteiger partial charge in [0.2, 0.25) is 0 Å². The van der Waals surface area contributed by atoms with Crippen LogP contribution >= 0.6 is 15.9 Å². The van der Waals surface area contributed by atoms with Gasteiger partial charge < -0.3 is 19.9 Å². The summed E-state index contributed by atoms with van der Waals surface area (Å²) in [6.45, 7) is 8.49. The Morgan fingerprint density at radius 2 is 1.76 bits per heavy atom. The van der Waals surface area contributed by atoms with Crippen LogP contribution in [-0.2, 0) is 9.53 Å². The monoisotopic (exact) mass is 580 g/mol. The van der Waals surface area contributed by atoms with Crippen LogP contribution in [0.1, 0.15) is 68.4 Å². The Bertz CT molecular complexity index is 1250. The van der Waals surface area contributed by atoms with Crippen LogP contribution in [0.5, 0.6) is 5.75 Å². The van der Waals surface area contributed by atoms with Gasteiger partial charge in [0.25, 0.3) is 5.91 Å². The van der Waals surface area contributed by atoms with Gasteiger partial charge >= 0.3 is 5.97 Å². The molecule has 1 saturated carbocycles. The molecule has 1 fully saturated rings. The van der Waals surface area contributed by atoms with Crippen molar-refractivity contribution in [1.29, 1.82) is 5.26 Å². The molecule has 1 aliphatic rings. The Morgan fingerprint density at radius 3 is 2.37 bits per heavy atom. The summed E-state index contributed by atoms with van der Waals surface area (Å²) in [5, 5.41) is 20.9. The number of benzene rings is 2. The van der Waals surface area contributed by atoms with E-state index in [2.05, 4.69) is 66.9 Å². The Hall–Kier alpha value is -3.33. The molecule has 0 unspecified atom stereocenters. The number of carboxylic acid groups (broad SMARTS) is 1. The van der Waals surface area contributed by atoms with Crippen LogP contribution in [0, 0.1) is 34.0 Å². The number of ether oxygens (including phenoxy) is 2. The third-order valence-corrected chi connectivity index (χ3v) is 7.53. The quantitative estimate of drug-likeness (QED) is 0.281. The lowest BCUT2D eigenvalue weighted by atomic mass is 9.49. The molecule has 0 saturated heterocycles. The molecule has 0 aromatic heterocycles. The summed E-state index contributed by atoms with van der Waals surface area (Å²) in [6, 6.07) is 14.6. The number of carboxylic acids is 1. The van der Waals surface area contributed by atoms with Gasteiger partial charge in [-0.2, -0.15) is 5.26 Å². The summed E-state index contributed by atoms with van der Waals surface area (Å²) >= 11 is 3.41. The lowest BCUT2D eigenvalue weighted by molar-refractivity contribution is -0.164. The van der Waals surface area contributed by atoms with Crippen LogP contribution in [0.4, 0.5) is 0 Å². The minimum atomic E-state index is -0.964. The summed E-state index contributed by atoms with van der Waals surface area (Å²) in [4.78, 5) is 23.5. The van der Waals surface area contributed by atoms with Crippen molar-refractivity contribution in [3.8, 4) is 23.7 Å². The molecule has 7 nitrogen and oxygen atoms in total. The number of nitrogens with zero attached hydrogens (tertiary/aromatic N) is 1. The van der Waals surface area contributed by atoms with Gasteiger partial charge in [0.05, 0.1) is 5.56 Å². The van der Waals surface area contributed by atoms with Crippen molar-refractivity contribution in [2.45, 2.75) is 59.1 Å². The first kappa shape index (κ1) is 29.2. The average Bonchev–Trinajstić information content (AvgIpc) is 2.87.